The van der Waals surface area contributed by atoms with Crippen LogP contribution in [0.3, 0.4) is 0 Å². The first-order valence-electron chi connectivity index (χ1n) is 6.29. The van der Waals surface area contributed by atoms with Gasteiger partial charge in [0.1, 0.15) is 5.52 Å². The van der Waals surface area contributed by atoms with Crippen molar-refractivity contribution in [3.63, 3.8) is 0 Å². The van der Waals surface area contributed by atoms with Crippen molar-refractivity contribution in [1.29, 1.82) is 0 Å². The zero-order chi connectivity index (χ0) is 13.9. The predicted octanol–water partition coefficient (Wildman–Crippen LogP) is 1.73. The SMILES string of the molecule is CCNc1ncc(Cn2nnc3ccccc3c2=O)s1. The van der Waals surface area contributed by atoms with E-state index in [0.717, 1.165) is 16.6 Å². The first-order valence-corrected chi connectivity index (χ1v) is 7.10. The van der Waals surface area contributed by atoms with Crippen molar-refractivity contribution in [3.05, 3.63) is 45.7 Å². The highest BCUT2D eigenvalue weighted by Gasteiger charge is 2.07. The Morgan fingerprint density at radius 3 is 3.05 bits per heavy atom. The van der Waals surface area contributed by atoms with Crippen LogP contribution >= 0.6 is 11.3 Å². The lowest BCUT2D eigenvalue weighted by molar-refractivity contribution is 0.605. The first kappa shape index (κ1) is 12.7. The maximum Gasteiger partial charge on any atom is 0.277 e. The second-order valence-electron chi connectivity index (χ2n) is 4.23. The molecule has 1 aromatic carbocycles. The van der Waals surface area contributed by atoms with Gasteiger partial charge in [0.05, 0.1) is 11.9 Å². The number of rotatable bonds is 4. The van der Waals surface area contributed by atoms with Crippen LogP contribution in [-0.2, 0) is 6.54 Å². The summed E-state index contributed by atoms with van der Waals surface area (Å²) in [6.07, 6.45) is 1.76. The van der Waals surface area contributed by atoms with E-state index in [1.54, 1.807) is 18.3 Å². The molecule has 0 aliphatic carbocycles. The number of fused-ring (bicyclic) bond motifs is 1. The van der Waals surface area contributed by atoms with Crippen molar-refractivity contribution in [3.8, 4) is 0 Å². The summed E-state index contributed by atoms with van der Waals surface area (Å²) in [6, 6.07) is 7.21. The van der Waals surface area contributed by atoms with Gasteiger partial charge in [-0.3, -0.25) is 4.79 Å². The molecule has 7 heteroatoms. The topological polar surface area (TPSA) is 72.7 Å². The summed E-state index contributed by atoms with van der Waals surface area (Å²) in [5.74, 6) is 0. The van der Waals surface area contributed by atoms with Gasteiger partial charge in [0.25, 0.3) is 5.56 Å². The molecule has 3 aromatic rings. The zero-order valence-corrected chi connectivity index (χ0v) is 11.7. The van der Waals surface area contributed by atoms with Crippen LogP contribution < -0.4 is 10.9 Å². The maximum atomic E-state index is 12.3. The van der Waals surface area contributed by atoms with Crippen molar-refractivity contribution in [2.24, 2.45) is 0 Å². The fourth-order valence-electron chi connectivity index (χ4n) is 1.89. The van der Waals surface area contributed by atoms with Gasteiger partial charge in [-0.1, -0.05) is 17.3 Å². The van der Waals surface area contributed by atoms with Gasteiger partial charge >= 0.3 is 0 Å². The summed E-state index contributed by atoms with van der Waals surface area (Å²) in [6.45, 7) is 3.22. The zero-order valence-electron chi connectivity index (χ0n) is 10.9. The number of anilines is 1. The van der Waals surface area contributed by atoms with Gasteiger partial charge in [0.2, 0.25) is 0 Å². The van der Waals surface area contributed by atoms with E-state index in [2.05, 4.69) is 20.6 Å². The molecule has 0 bridgehead atoms. The molecule has 0 amide bonds. The highest BCUT2D eigenvalue weighted by atomic mass is 32.1. The average Bonchev–Trinajstić information content (AvgIpc) is 2.90. The van der Waals surface area contributed by atoms with Gasteiger partial charge in [-0.15, -0.1) is 16.4 Å². The molecule has 1 N–H and O–H groups in total. The van der Waals surface area contributed by atoms with Crippen molar-refractivity contribution < 1.29 is 0 Å². The van der Waals surface area contributed by atoms with Crippen molar-refractivity contribution in [1.82, 2.24) is 20.0 Å². The fraction of sp³-hybridized carbons (Fsp3) is 0.231. The smallest absolute Gasteiger partial charge is 0.277 e. The third-order valence-electron chi connectivity index (χ3n) is 2.82. The largest absolute Gasteiger partial charge is 0.362 e. The van der Waals surface area contributed by atoms with Crippen molar-refractivity contribution in [2.45, 2.75) is 13.5 Å². The minimum atomic E-state index is -0.131. The summed E-state index contributed by atoms with van der Waals surface area (Å²) < 4.78 is 1.37. The quantitative estimate of drug-likeness (QED) is 0.791. The summed E-state index contributed by atoms with van der Waals surface area (Å²) in [5.41, 5.74) is 0.486. The summed E-state index contributed by atoms with van der Waals surface area (Å²) in [4.78, 5) is 17.5. The Hall–Kier alpha value is -2.28. The van der Waals surface area contributed by atoms with Crippen LogP contribution in [0.4, 0.5) is 5.13 Å². The third kappa shape index (κ3) is 2.39. The Balaban J connectivity index is 1.94. The van der Waals surface area contributed by atoms with Crippen LogP contribution in [0, 0.1) is 0 Å². The number of hydrogen-bond acceptors (Lipinski definition) is 6. The standard InChI is InChI=1S/C13H13N5OS/c1-2-14-13-15-7-9(20-13)8-18-12(19)10-5-3-4-6-11(10)16-17-18/h3-7H,2,8H2,1H3,(H,14,15). The lowest BCUT2D eigenvalue weighted by atomic mass is 10.2. The Bertz CT molecular complexity index is 795. The second-order valence-corrected chi connectivity index (χ2v) is 5.35. The van der Waals surface area contributed by atoms with E-state index >= 15 is 0 Å². The molecule has 102 valence electrons. The number of thiazole rings is 1. The molecule has 0 atom stereocenters. The molecule has 0 unspecified atom stereocenters. The normalized spacial score (nSPS) is 10.8. The van der Waals surface area contributed by atoms with E-state index < -0.39 is 0 Å². The highest BCUT2D eigenvalue weighted by Crippen LogP contribution is 2.18. The minimum absolute atomic E-state index is 0.131. The number of aromatic nitrogens is 4. The van der Waals surface area contributed by atoms with E-state index in [-0.39, 0.29) is 5.56 Å². The lowest BCUT2D eigenvalue weighted by Crippen LogP contribution is -2.24. The number of nitrogens with zero attached hydrogens (tertiary/aromatic N) is 4. The van der Waals surface area contributed by atoms with Crippen LogP contribution in [0.5, 0.6) is 0 Å². The molecule has 0 fully saturated rings. The van der Waals surface area contributed by atoms with Crippen molar-refractivity contribution >= 4 is 27.4 Å². The second kappa shape index (κ2) is 5.38. The predicted molar refractivity (Wildman–Crippen MR) is 79.2 cm³/mol. The highest BCUT2D eigenvalue weighted by molar-refractivity contribution is 7.15. The van der Waals surface area contributed by atoms with Crippen LogP contribution in [0.25, 0.3) is 10.9 Å². The molecule has 2 heterocycles. The van der Waals surface area contributed by atoms with E-state index in [1.165, 1.54) is 16.0 Å². The van der Waals surface area contributed by atoms with Gasteiger partial charge in [-0.25, -0.2) is 9.67 Å². The molecule has 0 radical (unpaired) electrons. The number of benzene rings is 1. The van der Waals surface area contributed by atoms with E-state index in [9.17, 15) is 4.79 Å². The van der Waals surface area contributed by atoms with Gasteiger partial charge in [0.15, 0.2) is 5.13 Å². The molecule has 20 heavy (non-hydrogen) atoms. The summed E-state index contributed by atoms with van der Waals surface area (Å²) in [5, 5.41) is 12.6. The van der Waals surface area contributed by atoms with Crippen LogP contribution in [0.2, 0.25) is 0 Å². The average molecular weight is 287 g/mol. The Labute approximate surface area is 119 Å². The van der Waals surface area contributed by atoms with Crippen molar-refractivity contribution in [2.75, 3.05) is 11.9 Å². The molecular formula is C13H13N5OS. The molecule has 0 saturated heterocycles. The fourth-order valence-corrected chi connectivity index (χ4v) is 2.75. The van der Waals surface area contributed by atoms with Gasteiger partial charge < -0.3 is 5.32 Å². The first-order chi connectivity index (χ1) is 9.78. The maximum absolute atomic E-state index is 12.3. The minimum Gasteiger partial charge on any atom is -0.362 e. The summed E-state index contributed by atoms with van der Waals surface area (Å²) in [7, 11) is 0. The van der Waals surface area contributed by atoms with E-state index in [0.29, 0.717) is 17.4 Å². The molecule has 2 aromatic heterocycles. The number of nitrogens with one attached hydrogen (secondary N) is 1. The van der Waals surface area contributed by atoms with Gasteiger partial charge in [-0.05, 0) is 19.1 Å². The van der Waals surface area contributed by atoms with E-state index in [1.807, 2.05) is 19.1 Å². The Kier molecular flexibility index (Phi) is 3.42. The Morgan fingerprint density at radius 2 is 2.20 bits per heavy atom. The monoisotopic (exact) mass is 287 g/mol. The van der Waals surface area contributed by atoms with Crippen LogP contribution in [0.15, 0.2) is 35.3 Å². The van der Waals surface area contributed by atoms with Crippen LogP contribution in [-0.4, -0.2) is 26.5 Å². The van der Waals surface area contributed by atoms with Gasteiger partial charge in [0, 0.05) is 17.6 Å². The molecule has 3 rings (SSSR count). The third-order valence-corrected chi connectivity index (χ3v) is 3.76. The summed E-state index contributed by atoms with van der Waals surface area (Å²) >= 11 is 1.52. The molecule has 0 aliphatic heterocycles. The van der Waals surface area contributed by atoms with Gasteiger partial charge in [-0.2, -0.15) is 0 Å². The molecule has 0 saturated carbocycles. The Morgan fingerprint density at radius 1 is 1.35 bits per heavy atom. The molecular weight excluding hydrogens is 274 g/mol. The number of hydrogen-bond donors (Lipinski definition) is 1. The molecule has 6 nitrogen and oxygen atoms in total. The molecule has 0 spiro atoms. The lowest BCUT2D eigenvalue weighted by Gasteiger charge is -2.02. The van der Waals surface area contributed by atoms with E-state index in [4.69, 9.17) is 0 Å². The van der Waals surface area contributed by atoms with Crippen LogP contribution in [0.1, 0.15) is 11.8 Å². The molecule has 0 aliphatic rings.